The van der Waals surface area contributed by atoms with Gasteiger partial charge < -0.3 is 25.6 Å². The number of benzene rings is 2. The molecule has 0 bridgehead atoms. The van der Waals surface area contributed by atoms with E-state index in [4.69, 9.17) is 15.2 Å². The van der Waals surface area contributed by atoms with Crippen LogP contribution < -0.4 is 20.5 Å². The molecule has 1 amide bonds. The number of nitrogens with one attached hydrogen (secondary N) is 1. The van der Waals surface area contributed by atoms with Crippen LogP contribution in [0.4, 0.5) is 5.69 Å². The summed E-state index contributed by atoms with van der Waals surface area (Å²) in [5.41, 5.74) is 6.43. The largest absolute Gasteiger partial charge is 0.487 e. The van der Waals surface area contributed by atoms with Crippen molar-refractivity contribution < 1.29 is 24.2 Å². The molecule has 2 atom stereocenters. The standard InChI is InChI=1S/C24H22N2O5S/c1-12(2)13-7-8-15-18(11-13)31-24(29)16-5-4-6-17(25)19(16)20(27)23(15,24)26-21(28)14-9-10-32-22(14)30-3/h4-12,29H,25H2,1-3H3,(H,26,28). The molecule has 7 nitrogen and oxygen atoms in total. The third-order valence-corrected chi connectivity index (χ3v) is 7.11. The van der Waals surface area contributed by atoms with E-state index in [0.717, 1.165) is 5.56 Å². The van der Waals surface area contributed by atoms with E-state index in [9.17, 15) is 14.7 Å². The van der Waals surface area contributed by atoms with Crippen LogP contribution in [-0.2, 0) is 11.3 Å². The van der Waals surface area contributed by atoms with Gasteiger partial charge in [0.15, 0.2) is 5.06 Å². The number of Topliss-reactive ketones (excluding diaryl/α,β-unsaturated/α-hetero) is 1. The van der Waals surface area contributed by atoms with Crippen molar-refractivity contribution in [3.05, 3.63) is 75.7 Å². The van der Waals surface area contributed by atoms with Crippen LogP contribution >= 0.6 is 11.3 Å². The highest BCUT2D eigenvalue weighted by atomic mass is 32.1. The van der Waals surface area contributed by atoms with Gasteiger partial charge in [0.2, 0.25) is 11.3 Å². The second-order valence-electron chi connectivity index (χ2n) is 8.29. The Kier molecular flexibility index (Phi) is 4.38. The number of rotatable bonds is 4. The molecular weight excluding hydrogens is 428 g/mol. The number of fused-ring (bicyclic) bond motifs is 5. The van der Waals surface area contributed by atoms with Crippen molar-refractivity contribution in [2.24, 2.45) is 0 Å². The number of nitrogen functional groups attached to an aromatic ring is 1. The number of carbonyl (C=O) groups is 2. The average Bonchev–Trinajstić information content (AvgIpc) is 3.38. The van der Waals surface area contributed by atoms with Gasteiger partial charge >= 0.3 is 0 Å². The molecule has 0 spiro atoms. The van der Waals surface area contributed by atoms with Gasteiger partial charge in [-0.2, -0.15) is 0 Å². The van der Waals surface area contributed by atoms with Crippen molar-refractivity contribution in [3.63, 3.8) is 0 Å². The molecule has 164 valence electrons. The molecule has 2 aliphatic rings. The summed E-state index contributed by atoms with van der Waals surface area (Å²) < 4.78 is 11.4. The molecule has 2 unspecified atom stereocenters. The summed E-state index contributed by atoms with van der Waals surface area (Å²) in [6, 6.07) is 11.8. The van der Waals surface area contributed by atoms with Gasteiger partial charge in [0.05, 0.1) is 18.2 Å². The Morgan fingerprint density at radius 1 is 1.22 bits per heavy atom. The minimum absolute atomic E-state index is 0.145. The van der Waals surface area contributed by atoms with E-state index in [-0.39, 0.29) is 28.3 Å². The number of methoxy groups -OCH3 is 1. The summed E-state index contributed by atoms with van der Waals surface area (Å²) in [6.45, 7) is 4.07. The normalized spacial score (nSPS) is 22.8. The second-order valence-corrected chi connectivity index (χ2v) is 9.16. The molecule has 0 saturated heterocycles. The Balaban J connectivity index is 1.74. The summed E-state index contributed by atoms with van der Waals surface area (Å²) >= 11 is 1.26. The van der Waals surface area contributed by atoms with E-state index in [0.29, 0.717) is 16.4 Å². The number of ether oxygens (including phenoxy) is 2. The Labute approximate surface area is 188 Å². The van der Waals surface area contributed by atoms with E-state index in [1.807, 2.05) is 19.9 Å². The molecule has 4 N–H and O–H groups in total. The Hall–Kier alpha value is -3.36. The van der Waals surface area contributed by atoms with Gasteiger partial charge in [0.1, 0.15) is 5.75 Å². The lowest BCUT2D eigenvalue weighted by Crippen LogP contribution is -2.60. The molecule has 1 aromatic heterocycles. The fourth-order valence-electron chi connectivity index (χ4n) is 4.61. The summed E-state index contributed by atoms with van der Waals surface area (Å²) in [5, 5.41) is 16.8. The van der Waals surface area contributed by atoms with E-state index >= 15 is 0 Å². The zero-order chi connectivity index (χ0) is 22.8. The van der Waals surface area contributed by atoms with E-state index in [2.05, 4.69) is 5.32 Å². The minimum atomic E-state index is -2.15. The number of hydrogen-bond donors (Lipinski definition) is 3. The van der Waals surface area contributed by atoms with Crippen LogP contribution in [0.1, 0.15) is 57.2 Å². The number of anilines is 1. The highest BCUT2D eigenvalue weighted by Gasteiger charge is 2.72. The number of nitrogens with two attached hydrogens (primary N) is 1. The van der Waals surface area contributed by atoms with Gasteiger partial charge in [-0.15, -0.1) is 11.3 Å². The number of amides is 1. The molecule has 3 aromatic rings. The second kappa shape index (κ2) is 6.82. The predicted molar refractivity (Wildman–Crippen MR) is 120 cm³/mol. The topological polar surface area (TPSA) is 111 Å². The lowest BCUT2D eigenvalue weighted by molar-refractivity contribution is -0.169. The first kappa shape index (κ1) is 20.5. The molecule has 32 heavy (non-hydrogen) atoms. The Morgan fingerprint density at radius 3 is 2.72 bits per heavy atom. The maximum atomic E-state index is 13.9. The summed E-state index contributed by atoms with van der Waals surface area (Å²) in [7, 11) is 1.47. The van der Waals surface area contributed by atoms with Crippen molar-refractivity contribution in [1.82, 2.24) is 5.32 Å². The first-order chi connectivity index (χ1) is 15.2. The van der Waals surface area contributed by atoms with Crippen molar-refractivity contribution in [1.29, 1.82) is 0 Å². The number of ketones is 1. The Bertz CT molecular complexity index is 1280. The monoisotopic (exact) mass is 450 g/mol. The Morgan fingerprint density at radius 2 is 2.00 bits per heavy atom. The molecule has 1 aliphatic heterocycles. The zero-order valence-electron chi connectivity index (χ0n) is 17.8. The first-order valence-corrected chi connectivity index (χ1v) is 11.1. The lowest BCUT2D eigenvalue weighted by Gasteiger charge is -2.34. The van der Waals surface area contributed by atoms with E-state index in [1.54, 1.807) is 41.8 Å². The molecule has 0 saturated carbocycles. The molecule has 5 rings (SSSR count). The van der Waals surface area contributed by atoms with Crippen LogP contribution in [0.5, 0.6) is 10.8 Å². The van der Waals surface area contributed by atoms with Crippen molar-refractivity contribution in [2.75, 3.05) is 12.8 Å². The van der Waals surface area contributed by atoms with E-state index < -0.39 is 23.0 Å². The van der Waals surface area contributed by atoms with Gasteiger partial charge in [-0.1, -0.05) is 38.1 Å². The van der Waals surface area contributed by atoms with E-state index in [1.165, 1.54) is 18.4 Å². The minimum Gasteiger partial charge on any atom is -0.487 e. The maximum absolute atomic E-state index is 13.9. The molecule has 2 aromatic carbocycles. The van der Waals surface area contributed by atoms with Gasteiger partial charge in [-0.05, 0) is 35.1 Å². The van der Waals surface area contributed by atoms with Crippen LogP contribution in [0.2, 0.25) is 0 Å². The highest BCUT2D eigenvalue weighted by molar-refractivity contribution is 7.12. The number of aliphatic hydroxyl groups is 1. The average molecular weight is 451 g/mol. The number of carbonyl (C=O) groups excluding carboxylic acids is 2. The van der Waals surface area contributed by atoms with Crippen LogP contribution in [0.15, 0.2) is 47.8 Å². The van der Waals surface area contributed by atoms with Crippen LogP contribution in [-0.4, -0.2) is 23.9 Å². The van der Waals surface area contributed by atoms with Crippen molar-refractivity contribution in [2.45, 2.75) is 31.1 Å². The third kappa shape index (κ3) is 2.44. The SMILES string of the molecule is COc1sccc1C(=O)NC12C(=O)c3c(N)cccc3C1(O)Oc1cc(C(C)C)ccc12. The van der Waals surface area contributed by atoms with Gasteiger partial charge in [-0.3, -0.25) is 9.59 Å². The molecular formula is C24H22N2O5S. The summed E-state index contributed by atoms with van der Waals surface area (Å²) in [5.74, 6) is -2.68. The zero-order valence-corrected chi connectivity index (χ0v) is 18.6. The van der Waals surface area contributed by atoms with Gasteiger partial charge in [0, 0.05) is 16.8 Å². The van der Waals surface area contributed by atoms with Crippen molar-refractivity contribution >= 4 is 28.7 Å². The third-order valence-electron chi connectivity index (χ3n) is 6.23. The number of thiophene rings is 1. The van der Waals surface area contributed by atoms with Gasteiger partial charge in [0.25, 0.3) is 11.7 Å². The molecule has 2 heterocycles. The lowest BCUT2D eigenvalue weighted by atomic mass is 9.82. The van der Waals surface area contributed by atoms with Gasteiger partial charge in [-0.25, -0.2) is 0 Å². The quantitative estimate of drug-likeness (QED) is 0.525. The molecule has 0 radical (unpaired) electrons. The summed E-state index contributed by atoms with van der Waals surface area (Å²) in [4.78, 5) is 27.3. The fourth-order valence-corrected chi connectivity index (χ4v) is 5.32. The highest BCUT2D eigenvalue weighted by Crippen LogP contribution is 2.59. The molecule has 8 heteroatoms. The fraction of sp³-hybridized carbons (Fsp3) is 0.250. The van der Waals surface area contributed by atoms with Crippen LogP contribution in [0.3, 0.4) is 0 Å². The van der Waals surface area contributed by atoms with Crippen LogP contribution in [0, 0.1) is 0 Å². The smallest absolute Gasteiger partial charge is 0.271 e. The summed E-state index contributed by atoms with van der Waals surface area (Å²) in [6.07, 6.45) is 0. The van der Waals surface area contributed by atoms with Crippen LogP contribution in [0.25, 0.3) is 0 Å². The van der Waals surface area contributed by atoms with Crippen molar-refractivity contribution in [3.8, 4) is 10.8 Å². The first-order valence-electron chi connectivity index (χ1n) is 10.2. The molecule has 0 fully saturated rings. The maximum Gasteiger partial charge on any atom is 0.271 e. The number of hydrogen-bond acceptors (Lipinski definition) is 7. The molecule has 1 aliphatic carbocycles. The predicted octanol–water partition coefficient (Wildman–Crippen LogP) is 3.52.